The van der Waals surface area contributed by atoms with E-state index in [1.165, 1.54) is 62.9 Å². The molecule has 0 aliphatic heterocycles. The molecule has 0 amide bonds. The van der Waals surface area contributed by atoms with Gasteiger partial charge in [-0.1, -0.05) is 52.4 Å². The molecule has 0 aromatic heterocycles. The van der Waals surface area contributed by atoms with E-state index in [1.54, 1.807) is 0 Å². The molecule has 0 aliphatic rings. The van der Waals surface area contributed by atoms with Crippen molar-refractivity contribution in [3.8, 4) is 0 Å². The van der Waals surface area contributed by atoms with Gasteiger partial charge in [-0.3, -0.25) is 0 Å². The summed E-state index contributed by atoms with van der Waals surface area (Å²) in [7, 11) is 2.98. The molecule has 0 rings (SSSR count). The van der Waals surface area contributed by atoms with E-state index < -0.39 is 0 Å². The molecular weight excluding hydrogens is 251 g/mol. The summed E-state index contributed by atoms with van der Waals surface area (Å²) in [4.78, 5) is 0. The van der Waals surface area contributed by atoms with Crippen LogP contribution in [0.3, 0.4) is 0 Å². The zero-order valence-electron chi connectivity index (χ0n) is 11.0. The Morgan fingerprint density at radius 1 is 0.750 bits per heavy atom. The lowest BCUT2D eigenvalue weighted by atomic mass is 10.2. The second-order valence-electron chi connectivity index (χ2n) is 4.23. The third-order valence-corrected chi connectivity index (χ3v) is 6.24. The van der Waals surface area contributed by atoms with E-state index >= 15 is 0 Å². The van der Waals surface area contributed by atoms with Gasteiger partial charge in [-0.05, 0) is 24.3 Å². The predicted octanol–water partition coefficient (Wildman–Crippen LogP) is 5.77. The zero-order chi connectivity index (χ0) is 12.1. The number of hydrogen-bond acceptors (Lipinski definition) is 2. The number of hydrogen-bond donors (Lipinski definition) is 0. The average Bonchev–Trinajstić information content (AvgIpc) is 2.28. The number of thioether (sulfide) groups is 2. The molecule has 16 heavy (non-hydrogen) atoms. The van der Waals surface area contributed by atoms with Gasteiger partial charge < -0.3 is 0 Å². The Labute approximate surface area is 114 Å². The van der Waals surface area contributed by atoms with Gasteiger partial charge in [0.2, 0.25) is 0 Å². The summed E-state index contributed by atoms with van der Waals surface area (Å²) in [5.74, 6) is 2.69. The second-order valence-corrected chi connectivity index (χ2v) is 8.66. The molecule has 0 aromatic carbocycles. The summed E-state index contributed by atoms with van der Waals surface area (Å²) in [6.45, 7) is 4.55. The fraction of sp³-hybridized carbons (Fsp3) is 1.00. The minimum Gasteiger partial charge on any atom is -0.143 e. The third kappa shape index (κ3) is 13.2. The maximum atomic E-state index is 2.98. The Hall–Kier alpha value is 1.13. The molecule has 3 heteroatoms. The molecule has 0 bridgehead atoms. The van der Waals surface area contributed by atoms with Crippen LogP contribution in [0.25, 0.3) is 0 Å². The SMILES string of the molecule is CCCCCCSC(P)SCCCCCC. The van der Waals surface area contributed by atoms with Crippen molar-refractivity contribution in [3.05, 3.63) is 0 Å². The van der Waals surface area contributed by atoms with Crippen LogP contribution in [0.5, 0.6) is 0 Å². The molecule has 0 aliphatic carbocycles. The molecule has 98 valence electrons. The van der Waals surface area contributed by atoms with E-state index in [9.17, 15) is 0 Å². The van der Waals surface area contributed by atoms with Crippen molar-refractivity contribution >= 4 is 32.8 Å². The van der Waals surface area contributed by atoms with Crippen LogP contribution in [0.1, 0.15) is 65.2 Å². The van der Waals surface area contributed by atoms with E-state index in [0.29, 0.717) is 0 Å². The summed E-state index contributed by atoms with van der Waals surface area (Å²) >= 11 is 4.23. The topological polar surface area (TPSA) is 0 Å². The highest BCUT2D eigenvalue weighted by molar-refractivity contribution is 8.21. The third-order valence-electron chi connectivity index (χ3n) is 2.56. The molecule has 0 nitrogen and oxygen atoms in total. The van der Waals surface area contributed by atoms with Crippen molar-refractivity contribution in [1.29, 1.82) is 0 Å². The first kappa shape index (κ1) is 17.1. The maximum absolute atomic E-state index is 2.98. The Kier molecular flexibility index (Phi) is 15.2. The predicted molar refractivity (Wildman–Crippen MR) is 86.7 cm³/mol. The van der Waals surface area contributed by atoms with Crippen LogP contribution < -0.4 is 0 Å². The van der Waals surface area contributed by atoms with Crippen molar-refractivity contribution < 1.29 is 0 Å². The van der Waals surface area contributed by atoms with Gasteiger partial charge in [0.25, 0.3) is 0 Å². The van der Waals surface area contributed by atoms with Crippen molar-refractivity contribution in [2.45, 2.75) is 69.5 Å². The van der Waals surface area contributed by atoms with Gasteiger partial charge in [0, 0.05) is 0 Å². The molecule has 0 aromatic rings. The van der Waals surface area contributed by atoms with E-state index in [1.807, 2.05) is 0 Å². The van der Waals surface area contributed by atoms with Crippen LogP contribution in [0.15, 0.2) is 0 Å². The molecule has 0 spiro atoms. The lowest BCUT2D eigenvalue weighted by Crippen LogP contribution is -1.91. The van der Waals surface area contributed by atoms with E-state index in [2.05, 4.69) is 46.6 Å². The molecule has 0 saturated heterocycles. The first-order chi connectivity index (χ1) is 7.81. The Morgan fingerprint density at radius 3 is 1.56 bits per heavy atom. The molecule has 0 fully saturated rings. The normalized spacial score (nSPS) is 11.2. The fourth-order valence-corrected chi connectivity index (χ4v) is 4.49. The highest BCUT2D eigenvalue weighted by Crippen LogP contribution is 2.31. The van der Waals surface area contributed by atoms with Crippen molar-refractivity contribution in [3.63, 3.8) is 0 Å². The van der Waals surface area contributed by atoms with Gasteiger partial charge in [-0.15, -0.1) is 32.8 Å². The standard InChI is InChI=1S/C13H29PS2/c1-3-5-7-9-11-15-13(14)16-12-10-8-6-4-2/h13H,3-12,14H2,1-2H3. The lowest BCUT2D eigenvalue weighted by molar-refractivity contribution is 0.706. The monoisotopic (exact) mass is 280 g/mol. The maximum Gasteiger partial charge on any atom is 0.0638 e. The van der Waals surface area contributed by atoms with Gasteiger partial charge in [-0.25, -0.2) is 0 Å². The first-order valence-corrected chi connectivity index (χ1v) is 9.56. The molecule has 1 atom stereocenters. The van der Waals surface area contributed by atoms with Gasteiger partial charge >= 0.3 is 0 Å². The lowest BCUT2D eigenvalue weighted by Gasteiger charge is -2.10. The van der Waals surface area contributed by atoms with Crippen LogP contribution in [0, 0.1) is 0 Å². The molecule has 0 N–H and O–H groups in total. The summed E-state index contributed by atoms with van der Waals surface area (Å²) in [5.41, 5.74) is 0. The van der Waals surface area contributed by atoms with Gasteiger partial charge in [0.15, 0.2) is 0 Å². The summed E-state index contributed by atoms with van der Waals surface area (Å²) in [5, 5.41) is 0. The van der Waals surface area contributed by atoms with Crippen LogP contribution in [0.2, 0.25) is 0 Å². The van der Waals surface area contributed by atoms with Crippen molar-refractivity contribution in [2.24, 2.45) is 0 Å². The fourth-order valence-electron chi connectivity index (χ4n) is 1.50. The molecular formula is C13H29PS2. The van der Waals surface area contributed by atoms with Crippen molar-refractivity contribution in [2.75, 3.05) is 11.5 Å². The largest absolute Gasteiger partial charge is 0.143 e. The highest BCUT2D eigenvalue weighted by Gasteiger charge is 2.02. The van der Waals surface area contributed by atoms with Crippen molar-refractivity contribution in [1.82, 2.24) is 0 Å². The highest BCUT2D eigenvalue weighted by atomic mass is 32.2. The van der Waals surface area contributed by atoms with E-state index in [-0.39, 0.29) is 0 Å². The van der Waals surface area contributed by atoms with E-state index in [0.717, 1.165) is 4.32 Å². The number of rotatable bonds is 12. The van der Waals surface area contributed by atoms with Crippen LogP contribution in [0.4, 0.5) is 0 Å². The van der Waals surface area contributed by atoms with Crippen LogP contribution >= 0.6 is 32.8 Å². The molecule has 1 unspecified atom stereocenters. The minimum absolute atomic E-state index is 0.725. The molecule has 0 radical (unpaired) electrons. The van der Waals surface area contributed by atoms with E-state index in [4.69, 9.17) is 0 Å². The Balaban J connectivity index is 3.09. The quantitative estimate of drug-likeness (QED) is 0.253. The number of unbranched alkanes of at least 4 members (excludes halogenated alkanes) is 6. The first-order valence-electron chi connectivity index (χ1n) is 6.80. The van der Waals surface area contributed by atoms with Gasteiger partial charge in [0.05, 0.1) is 4.32 Å². The summed E-state index contributed by atoms with van der Waals surface area (Å²) in [6.07, 6.45) is 11.2. The van der Waals surface area contributed by atoms with Gasteiger partial charge in [0.1, 0.15) is 0 Å². The zero-order valence-corrected chi connectivity index (χ0v) is 13.8. The molecule has 0 heterocycles. The minimum atomic E-state index is 0.725. The summed E-state index contributed by atoms with van der Waals surface area (Å²) in [6, 6.07) is 0. The van der Waals surface area contributed by atoms with Gasteiger partial charge in [-0.2, -0.15) is 0 Å². The Morgan fingerprint density at radius 2 is 1.19 bits per heavy atom. The summed E-state index contributed by atoms with van der Waals surface area (Å²) < 4.78 is 0.725. The molecule has 0 saturated carbocycles. The average molecular weight is 280 g/mol. The second kappa shape index (κ2) is 14.2. The van der Waals surface area contributed by atoms with Crippen LogP contribution in [-0.4, -0.2) is 15.8 Å². The Bertz CT molecular complexity index is 117. The van der Waals surface area contributed by atoms with Crippen LogP contribution in [-0.2, 0) is 0 Å². The smallest absolute Gasteiger partial charge is 0.0638 e.